The quantitative estimate of drug-likeness (QED) is 0.374. The van der Waals surface area contributed by atoms with Gasteiger partial charge in [-0.15, -0.1) is 0 Å². The molecule has 2 heterocycles. The average molecular weight is 351 g/mol. The van der Waals surface area contributed by atoms with Crippen LogP contribution in [0.3, 0.4) is 0 Å². The zero-order chi connectivity index (χ0) is 17.8. The SMILES string of the molecule is C[NH+]1CC[NH+](CCC[NH2+][C@@H]2CC(=O)N(c3ccc(F)cc3)C2=O)CC1. The van der Waals surface area contributed by atoms with Crippen LogP contribution < -0.4 is 20.0 Å². The van der Waals surface area contributed by atoms with Gasteiger partial charge < -0.3 is 15.1 Å². The molecule has 2 fully saturated rings. The van der Waals surface area contributed by atoms with Crippen LogP contribution in [0.2, 0.25) is 0 Å². The van der Waals surface area contributed by atoms with Gasteiger partial charge in [0.1, 0.15) is 32.0 Å². The third kappa shape index (κ3) is 4.42. The fourth-order valence-corrected chi connectivity index (χ4v) is 3.65. The number of halogens is 1. The smallest absolute Gasteiger partial charge is 0.292 e. The van der Waals surface area contributed by atoms with Gasteiger partial charge in [-0.2, -0.15) is 0 Å². The van der Waals surface area contributed by atoms with Gasteiger partial charge in [-0.25, -0.2) is 9.29 Å². The topological polar surface area (TPSA) is 62.9 Å². The summed E-state index contributed by atoms with van der Waals surface area (Å²) in [6.45, 7) is 6.85. The summed E-state index contributed by atoms with van der Waals surface area (Å²) < 4.78 is 13.0. The number of carbonyl (C=O) groups excluding carboxylic acids is 2. The number of benzene rings is 1. The van der Waals surface area contributed by atoms with Crippen molar-refractivity contribution in [2.75, 3.05) is 51.2 Å². The van der Waals surface area contributed by atoms with Crippen molar-refractivity contribution < 1.29 is 29.1 Å². The van der Waals surface area contributed by atoms with E-state index in [4.69, 9.17) is 0 Å². The number of rotatable bonds is 6. The highest BCUT2D eigenvalue weighted by Crippen LogP contribution is 2.21. The molecule has 0 aromatic heterocycles. The first-order valence-electron chi connectivity index (χ1n) is 9.15. The van der Waals surface area contributed by atoms with E-state index in [1.54, 1.807) is 9.80 Å². The zero-order valence-corrected chi connectivity index (χ0v) is 14.8. The Hall–Kier alpha value is -1.83. The van der Waals surface area contributed by atoms with E-state index >= 15 is 0 Å². The summed E-state index contributed by atoms with van der Waals surface area (Å²) >= 11 is 0. The van der Waals surface area contributed by atoms with Gasteiger partial charge in [0.05, 0.1) is 32.2 Å². The first-order valence-corrected chi connectivity index (χ1v) is 9.15. The molecule has 2 amide bonds. The second kappa shape index (κ2) is 8.03. The first kappa shape index (κ1) is 18.0. The molecule has 0 unspecified atom stereocenters. The number of carbonyl (C=O) groups is 2. The summed E-state index contributed by atoms with van der Waals surface area (Å²) in [7, 11) is 2.24. The van der Waals surface area contributed by atoms with Crippen LogP contribution in [-0.2, 0) is 9.59 Å². The Kier molecular flexibility index (Phi) is 5.78. The molecule has 0 spiro atoms. The molecular formula is C18H28FN4O2+3. The van der Waals surface area contributed by atoms with E-state index in [2.05, 4.69) is 7.05 Å². The van der Waals surface area contributed by atoms with Crippen LogP contribution in [0.1, 0.15) is 12.8 Å². The maximum atomic E-state index is 13.0. The summed E-state index contributed by atoms with van der Waals surface area (Å²) in [6, 6.07) is 5.16. The van der Waals surface area contributed by atoms with Gasteiger partial charge in [0.15, 0.2) is 6.04 Å². The Morgan fingerprint density at radius 2 is 1.84 bits per heavy atom. The molecule has 6 nitrogen and oxygen atoms in total. The van der Waals surface area contributed by atoms with Gasteiger partial charge in [0.2, 0.25) is 5.91 Å². The fraction of sp³-hybridized carbons (Fsp3) is 0.556. The summed E-state index contributed by atoms with van der Waals surface area (Å²) in [5.41, 5.74) is 0.455. The lowest BCUT2D eigenvalue weighted by molar-refractivity contribution is -1.00. The van der Waals surface area contributed by atoms with Gasteiger partial charge >= 0.3 is 0 Å². The number of quaternary nitrogens is 3. The minimum atomic E-state index is -0.376. The lowest BCUT2D eigenvalue weighted by Gasteiger charge is -2.27. The Balaban J connectivity index is 1.45. The number of nitrogens with one attached hydrogen (secondary N) is 2. The molecule has 136 valence electrons. The van der Waals surface area contributed by atoms with Crippen LogP contribution >= 0.6 is 0 Å². The number of anilines is 1. The number of hydrogen-bond acceptors (Lipinski definition) is 2. The Morgan fingerprint density at radius 3 is 2.52 bits per heavy atom. The van der Waals surface area contributed by atoms with E-state index in [1.165, 1.54) is 55.3 Å². The summed E-state index contributed by atoms with van der Waals surface area (Å²) in [5, 5.41) is 1.99. The molecule has 0 saturated carbocycles. The molecule has 1 aromatic carbocycles. The monoisotopic (exact) mass is 351 g/mol. The lowest BCUT2D eigenvalue weighted by Crippen LogP contribution is -3.27. The minimum Gasteiger partial charge on any atom is -0.335 e. The summed E-state index contributed by atoms with van der Waals surface area (Å²) in [6.07, 6.45) is 1.27. The molecule has 2 saturated heterocycles. The standard InChI is InChI=1S/C18H25FN4O2/c1-21-9-11-22(12-10-21)8-2-7-20-16-13-17(24)23(18(16)25)15-5-3-14(19)4-6-15/h3-6,16,20H,2,7-13H2,1H3/p+3/t16-/m1/s1. The van der Waals surface area contributed by atoms with Crippen molar-refractivity contribution in [3.05, 3.63) is 30.1 Å². The van der Waals surface area contributed by atoms with Gasteiger partial charge in [-0.3, -0.25) is 9.59 Å². The van der Waals surface area contributed by atoms with Gasteiger partial charge in [0.25, 0.3) is 5.91 Å². The summed E-state index contributed by atoms with van der Waals surface area (Å²) in [5.74, 6) is -0.767. The highest BCUT2D eigenvalue weighted by atomic mass is 19.1. The number of nitrogens with zero attached hydrogens (tertiary/aromatic N) is 1. The Morgan fingerprint density at radius 1 is 1.16 bits per heavy atom. The zero-order valence-electron chi connectivity index (χ0n) is 14.8. The molecule has 4 N–H and O–H groups in total. The molecule has 0 radical (unpaired) electrons. The van der Waals surface area contributed by atoms with E-state index in [0.717, 1.165) is 19.5 Å². The van der Waals surface area contributed by atoms with Crippen LogP contribution in [0.4, 0.5) is 10.1 Å². The predicted octanol–water partition coefficient (Wildman–Crippen LogP) is -3.18. The van der Waals surface area contributed by atoms with Gasteiger partial charge in [-0.1, -0.05) is 0 Å². The van der Waals surface area contributed by atoms with Crippen molar-refractivity contribution in [2.45, 2.75) is 18.9 Å². The predicted molar refractivity (Wildman–Crippen MR) is 90.9 cm³/mol. The molecule has 2 aliphatic heterocycles. The molecule has 0 aliphatic carbocycles. The minimum absolute atomic E-state index is 0.188. The number of hydrogen-bond donors (Lipinski definition) is 3. The largest absolute Gasteiger partial charge is 0.335 e. The molecule has 25 heavy (non-hydrogen) atoms. The van der Waals surface area contributed by atoms with Crippen molar-refractivity contribution >= 4 is 17.5 Å². The Bertz CT molecular complexity index is 614. The van der Waals surface area contributed by atoms with Crippen LogP contribution in [0.25, 0.3) is 0 Å². The third-order valence-corrected chi connectivity index (χ3v) is 5.26. The second-order valence-electron chi connectivity index (χ2n) is 7.19. The normalized spacial score (nSPS) is 27.1. The van der Waals surface area contributed by atoms with Crippen molar-refractivity contribution in [2.24, 2.45) is 0 Å². The third-order valence-electron chi connectivity index (χ3n) is 5.26. The molecular weight excluding hydrogens is 323 g/mol. The second-order valence-corrected chi connectivity index (χ2v) is 7.19. The summed E-state index contributed by atoms with van der Waals surface area (Å²) in [4.78, 5) is 29.1. The van der Waals surface area contributed by atoms with Crippen molar-refractivity contribution in [3.63, 3.8) is 0 Å². The number of amides is 2. The maximum absolute atomic E-state index is 13.0. The molecule has 2 aliphatic rings. The van der Waals surface area contributed by atoms with E-state index in [1.807, 2.05) is 5.32 Å². The number of imide groups is 1. The van der Waals surface area contributed by atoms with Crippen molar-refractivity contribution in [1.29, 1.82) is 0 Å². The highest BCUT2D eigenvalue weighted by Gasteiger charge is 2.42. The van der Waals surface area contributed by atoms with Gasteiger partial charge in [-0.05, 0) is 24.3 Å². The van der Waals surface area contributed by atoms with E-state index in [9.17, 15) is 14.0 Å². The number of nitrogens with two attached hydrogens (primary N) is 1. The van der Waals surface area contributed by atoms with Crippen molar-refractivity contribution in [1.82, 2.24) is 0 Å². The average Bonchev–Trinajstić information content (AvgIpc) is 2.88. The highest BCUT2D eigenvalue weighted by molar-refractivity contribution is 6.21. The van der Waals surface area contributed by atoms with Gasteiger partial charge in [0, 0.05) is 6.42 Å². The fourth-order valence-electron chi connectivity index (χ4n) is 3.65. The number of piperazine rings is 1. The molecule has 7 heteroatoms. The lowest BCUT2D eigenvalue weighted by atomic mass is 10.2. The molecule has 3 rings (SSSR count). The maximum Gasteiger partial charge on any atom is 0.292 e. The molecule has 1 atom stereocenters. The molecule has 1 aromatic rings. The molecule has 0 bridgehead atoms. The first-order chi connectivity index (χ1) is 12.0. The van der Waals surface area contributed by atoms with E-state index in [0.29, 0.717) is 5.69 Å². The van der Waals surface area contributed by atoms with Crippen LogP contribution in [-0.4, -0.2) is 64.2 Å². The van der Waals surface area contributed by atoms with Crippen LogP contribution in [0.15, 0.2) is 24.3 Å². The van der Waals surface area contributed by atoms with Crippen LogP contribution in [0.5, 0.6) is 0 Å². The van der Waals surface area contributed by atoms with E-state index < -0.39 is 0 Å². The van der Waals surface area contributed by atoms with Crippen LogP contribution in [0, 0.1) is 5.82 Å². The van der Waals surface area contributed by atoms with E-state index in [-0.39, 0.29) is 30.1 Å². The number of likely N-dealkylation sites (N-methyl/N-ethyl adjacent to an activating group) is 1. The Labute approximate surface area is 147 Å². The van der Waals surface area contributed by atoms with Crippen molar-refractivity contribution in [3.8, 4) is 0 Å².